The van der Waals surface area contributed by atoms with Crippen LogP contribution in [0.5, 0.6) is 0 Å². The van der Waals surface area contributed by atoms with Crippen LogP contribution < -0.4 is 34.7 Å². The summed E-state index contributed by atoms with van der Waals surface area (Å²) in [7, 11) is 0. The molecule has 0 aromatic rings. The SMILES string of the molecule is O=C([O-])CCCCCCCCCCBr.[Na+]. The Morgan fingerprint density at radius 2 is 1.27 bits per heavy atom. The van der Waals surface area contributed by atoms with Crippen LogP contribution >= 0.6 is 15.9 Å². The number of carbonyl (C=O) groups is 1. The first-order valence-electron chi connectivity index (χ1n) is 5.53. The molecule has 0 spiro atoms. The normalized spacial score (nSPS) is 9.67. The molecule has 0 aromatic carbocycles. The molecule has 0 aliphatic rings. The van der Waals surface area contributed by atoms with Crippen LogP contribution in [-0.2, 0) is 4.79 Å². The summed E-state index contributed by atoms with van der Waals surface area (Å²) in [6, 6.07) is 0. The molecule has 0 fully saturated rings. The Labute approximate surface area is 124 Å². The third-order valence-electron chi connectivity index (χ3n) is 2.26. The van der Waals surface area contributed by atoms with Crippen molar-refractivity contribution in [3.05, 3.63) is 0 Å². The van der Waals surface area contributed by atoms with E-state index in [9.17, 15) is 9.90 Å². The Morgan fingerprint density at radius 3 is 1.67 bits per heavy atom. The third-order valence-corrected chi connectivity index (χ3v) is 2.83. The van der Waals surface area contributed by atoms with Crippen LogP contribution in [0.15, 0.2) is 0 Å². The average Bonchev–Trinajstić information content (AvgIpc) is 2.15. The van der Waals surface area contributed by atoms with E-state index in [0.29, 0.717) is 0 Å². The van der Waals surface area contributed by atoms with Gasteiger partial charge in [0.15, 0.2) is 0 Å². The number of hydrogen-bond acceptors (Lipinski definition) is 2. The maximum atomic E-state index is 10.1. The number of carboxylic acid groups (broad SMARTS) is 1. The van der Waals surface area contributed by atoms with E-state index in [0.717, 1.165) is 18.2 Å². The van der Waals surface area contributed by atoms with E-state index < -0.39 is 5.97 Å². The summed E-state index contributed by atoms with van der Waals surface area (Å²) in [6.45, 7) is 0. The van der Waals surface area contributed by atoms with Crippen LogP contribution in [0, 0.1) is 0 Å². The zero-order valence-corrected chi connectivity index (χ0v) is 13.4. The number of aliphatic carboxylic acids is 1. The molecule has 0 amide bonds. The van der Waals surface area contributed by atoms with Crippen molar-refractivity contribution in [2.24, 2.45) is 0 Å². The molecule has 4 heteroatoms. The molecule has 0 atom stereocenters. The fraction of sp³-hybridized carbons (Fsp3) is 0.909. The molecule has 0 rings (SSSR count). The fourth-order valence-corrected chi connectivity index (χ4v) is 1.82. The molecule has 2 nitrogen and oxygen atoms in total. The van der Waals surface area contributed by atoms with Crippen molar-refractivity contribution in [1.82, 2.24) is 0 Å². The Morgan fingerprint density at radius 1 is 0.867 bits per heavy atom. The first kappa shape index (κ1) is 18.3. The van der Waals surface area contributed by atoms with Crippen LogP contribution in [0.2, 0.25) is 0 Å². The van der Waals surface area contributed by atoms with Crippen LogP contribution in [0.25, 0.3) is 0 Å². The van der Waals surface area contributed by atoms with Crippen molar-refractivity contribution in [2.75, 3.05) is 5.33 Å². The molecule has 84 valence electrons. The Balaban J connectivity index is 0. The molecular formula is C11H20BrNaO2. The summed E-state index contributed by atoms with van der Waals surface area (Å²) in [4.78, 5) is 10.1. The van der Waals surface area contributed by atoms with Crippen molar-refractivity contribution < 1.29 is 39.5 Å². The van der Waals surface area contributed by atoms with E-state index in [1.54, 1.807) is 0 Å². The molecule has 0 bridgehead atoms. The van der Waals surface area contributed by atoms with Gasteiger partial charge in [-0.05, 0) is 19.3 Å². The van der Waals surface area contributed by atoms with Crippen LogP contribution in [-0.4, -0.2) is 11.3 Å². The molecule has 0 N–H and O–H groups in total. The molecule has 0 radical (unpaired) electrons. The second-order valence-electron chi connectivity index (χ2n) is 3.64. The Hall–Kier alpha value is 0.950. The van der Waals surface area contributed by atoms with E-state index in [1.807, 2.05) is 0 Å². The summed E-state index contributed by atoms with van der Waals surface area (Å²) in [5.41, 5.74) is 0. The molecule has 15 heavy (non-hydrogen) atoms. The third kappa shape index (κ3) is 17.6. The van der Waals surface area contributed by atoms with E-state index in [-0.39, 0.29) is 36.0 Å². The molecule has 0 saturated carbocycles. The number of unbranched alkanes of at least 4 members (excludes halogenated alkanes) is 7. The zero-order valence-electron chi connectivity index (χ0n) is 9.77. The maximum Gasteiger partial charge on any atom is 1.00 e. The number of carboxylic acids is 1. The van der Waals surface area contributed by atoms with Gasteiger partial charge in [0.25, 0.3) is 0 Å². The minimum atomic E-state index is -0.915. The van der Waals surface area contributed by atoms with Crippen molar-refractivity contribution in [3.8, 4) is 0 Å². The zero-order chi connectivity index (χ0) is 10.6. The van der Waals surface area contributed by atoms with Crippen LogP contribution in [0.4, 0.5) is 0 Å². The van der Waals surface area contributed by atoms with Gasteiger partial charge in [-0.25, -0.2) is 0 Å². The number of rotatable bonds is 10. The minimum absolute atomic E-state index is 0. The topological polar surface area (TPSA) is 40.1 Å². The summed E-state index contributed by atoms with van der Waals surface area (Å²) >= 11 is 3.40. The molecule has 0 saturated heterocycles. The summed E-state index contributed by atoms with van der Waals surface area (Å²) in [5.74, 6) is -0.915. The first-order chi connectivity index (χ1) is 6.77. The Bertz CT molecular complexity index is 143. The number of alkyl halides is 1. The fourth-order valence-electron chi connectivity index (χ4n) is 1.42. The van der Waals surface area contributed by atoms with E-state index in [4.69, 9.17) is 0 Å². The van der Waals surface area contributed by atoms with Crippen molar-refractivity contribution in [3.63, 3.8) is 0 Å². The van der Waals surface area contributed by atoms with E-state index in [2.05, 4.69) is 15.9 Å². The maximum absolute atomic E-state index is 10.1. The molecule has 0 unspecified atom stereocenters. The number of halogens is 1. The predicted molar refractivity (Wildman–Crippen MR) is 60.4 cm³/mol. The van der Waals surface area contributed by atoms with Gasteiger partial charge in [-0.1, -0.05) is 54.5 Å². The van der Waals surface area contributed by atoms with Crippen LogP contribution in [0.1, 0.15) is 57.8 Å². The standard InChI is InChI=1S/C11H21BrO2.Na/c12-10-8-6-4-2-1-3-5-7-9-11(13)14;/h1-10H2,(H,13,14);/q;+1/p-1. The summed E-state index contributed by atoms with van der Waals surface area (Å²) in [6.07, 6.45) is 9.63. The van der Waals surface area contributed by atoms with Gasteiger partial charge in [0, 0.05) is 11.3 Å². The van der Waals surface area contributed by atoms with E-state index in [1.165, 1.54) is 38.5 Å². The summed E-state index contributed by atoms with van der Waals surface area (Å²) in [5, 5.41) is 11.2. The van der Waals surface area contributed by atoms with Gasteiger partial charge in [0.05, 0.1) is 0 Å². The summed E-state index contributed by atoms with van der Waals surface area (Å²) < 4.78 is 0. The first-order valence-corrected chi connectivity index (χ1v) is 6.65. The second-order valence-corrected chi connectivity index (χ2v) is 4.43. The largest absolute Gasteiger partial charge is 1.00 e. The van der Waals surface area contributed by atoms with Gasteiger partial charge in [-0.15, -0.1) is 0 Å². The van der Waals surface area contributed by atoms with Crippen molar-refractivity contribution >= 4 is 21.9 Å². The van der Waals surface area contributed by atoms with Crippen molar-refractivity contribution in [1.29, 1.82) is 0 Å². The van der Waals surface area contributed by atoms with E-state index >= 15 is 0 Å². The number of carbonyl (C=O) groups excluding carboxylic acids is 1. The van der Waals surface area contributed by atoms with Crippen LogP contribution in [0.3, 0.4) is 0 Å². The quantitative estimate of drug-likeness (QED) is 0.313. The number of hydrogen-bond donors (Lipinski definition) is 0. The smallest absolute Gasteiger partial charge is 0.550 e. The van der Waals surface area contributed by atoms with Gasteiger partial charge in [0.2, 0.25) is 0 Å². The Kier molecular flexibility index (Phi) is 18.3. The van der Waals surface area contributed by atoms with Gasteiger partial charge < -0.3 is 9.90 Å². The minimum Gasteiger partial charge on any atom is -0.550 e. The molecule has 0 aromatic heterocycles. The molecular weight excluding hydrogens is 267 g/mol. The van der Waals surface area contributed by atoms with Gasteiger partial charge >= 0.3 is 29.6 Å². The average molecular weight is 287 g/mol. The van der Waals surface area contributed by atoms with Gasteiger partial charge in [0.1, 0.15) is 0 Å². The predicted octanol–water partition coefficient (Wildman–Crippen LogP) is -0.354. The molecule has 0 aliphatic carbocycles. The van der Waals surface area contributed by atoms with Crippen molar-refractivity contribution in [2.45, 2.75) is 57.8 Å². The van der Waals surface area contributed by atoms with Gasteiger partial charge in [-0.2, -0.15) is 0 Å². The monoisotopic (exact) mass is 286 g/mol. The second kappa shape index (κ2) is 14.9. The van der Waals surface area contributed by atoms with Gasteiger partial charge in [-0.3, -0.25) is 0 Å². The molecule has 0 heterocycles. The molecule has 0 aliphatic heterocycles.